The van der Waals surface area contributed by atoms with Crippen LogP contribution in [0.15, 0.2) is 0 Å². The molecule has 1 heterocycles. The topological polar surface area (TPSA) is 67.9 Å². The van der Waals surface area contributed by atoms with Gasteiger partial charge in [0.25, 0.3) is 0 Å². The van der Waals surface area contributed by atoms with Gasteiger partial charge in [-0.05, 0) is 40.5 Å². The predicted octanol–water partition coefficient (Wildman–Crippen LogP) is 1.54. The molecule has 0 aromatic rings. The van der Waals surface area contributed by atoms with Gasteiger partial charge in [-0.3, -0.25) is 9.69 Å². The van der Waals surface area contributed by atoms with Gasteiger partial charge in [0.15, 0.2) is 0 Å². The van der Waals surface area contributed by atoms with E-state index < -0.39 is 17.7 Å². The van der Waals surface area contributed by atoms with Crippen LogP contribution >= 0.6 is 0 Å². The molecule has 2 unspecified atom stereocenters. The number of ether oxygens (including phenoxy) is 2. The van der Waals surface area contributed by atoms with Crippen molar-refractivity contribution in [1.29, 1.82) is 0 Å². The summed E-state index contributed by atoms with van der Waals surface area (Å²) in [6, 6.07) is -0.516. The molecule has 0 spiro atoms. The van der Waals surface area contributed by atoms with Crippen LogP contribution < -0.4 is 5.32 Å². The summed E-state index contributed by atoms with van der Waals surface area (Å²) in [6.07, 6.45) is 1.07. The van der Waals surface area contributed by atoms with Gasteiger partial charge < -0.3 is 14.8 Å². The third-order valence-corrected chi connectivity index (χ3v) is 2.99. The summed E-state index contributed by atoms with van der Waals surface area (Å²) in [7, 11) is 1.59. The van der Waals surface area contributed by atoms with Crippen LogP contribution in [0, 0.1) is 0 Å². The van der Waals surface area contributed by atoms with Crippen molar-refractivity contribution in [1.82, 2.24) is 10.2 Å². The Labute approximate surface area is 120 Å². The Morgan fingerprint density at radius 3 is 2.60 bits per heavy atom. The Hall–Kier alpha value is -1.30. The highest BCUT2D eigenvalue weighted by atomic mass is 16.6. The van der Waals surface area contributed by atoms with Gasteiger partial charge in [0.05, 0.1) is 6.61 Å². The zero-order chi connectivity index (χ0) is 15.3. The van der Waals surface area contributed by atoms with E-state index in [1.165, 1.54) is 4.90 Å². The predicted molar refractivity (Wildman–Crippen MR) is 75.4 cm³/mol. The zero-order valence-electron chi connectivity index (χ0n) is 13.1. The SMILES string of the molecule is COCC(C)NC(=O)C1CCCN1C(=O)OC(C)(C)C. The number of likely N-dealkylation sites (tertiary alicyclic amines) is 1. The number of hydrogen-bond acceptors (Lipinski definition) is 4. The van der Waals surface area contributed by atoms with Gasteiger partial charge in [0.1, 0.15) is 11.6 Å². The molecule has 0 bridgehead atoms. The highest BCUT2D eigenvalue weighted by molar-refractivity contribution is 5.86. The molecular weight excluding hydrogens is 260 g/mol. The molecule has 6 nitrogen and oxygen atoms in total. The number of carbonyl (C=O) groups is 2. The van der Waals surface area contributed by atoms with E-state index in [1.807, 2.05) is 27.7 Å². The normalized spacial score (nSPS) is 20.6. The van der Waals surface area contributed by atoms with Crippen molar-refractivity contribution in [2.75, 3.05) is 20.3 Å². The van der Waals surface area contributed by atoms with Crippen LogP contribution in [0.3, 0.4) is 0 Å². The van der Waals surface area contributed by atoms with Gasteiger partial charge in [0, 0.05) is 19.7 Å². The van der Waals surface area contributed by atoms with Crippen LogP contribution in [-0.2, 0) is 14.3 Å². The first-order valence-electron chi connectivity index (χ1n) is 7.03. The molecule has 2 amide bonds. The van der Waals surface area contributed by atoms with Crippen molar-refractivity contribution >= 4 is 12.0 Å². The lowest BCUT2D eigenvalue weighted by molar-refractivity contribution is -0.126. The molecule has 1 aliphatic heterocycles. The molecule has 2 atom stereocenters. The maximum atomic E-state index is 12.2. The molecule has 0 aromatic heterocycles. The van der Waals surface area contributed by atoms with E-state index >= 15 is 0 Å². The van der Waals surface area contributed by atoms with Gasteiger partial charge in [0.2, 0.25) is 5.91 Å². The van der Waals surface area contributed by atoms with Gasteiger partial charge >= 0.3 is 6.09 Å². The third-order valence-electron chi connectivity index (χ3n) is 2.99. The lowest BCUT2D eigenvalue weighted by atomic mass is 10.2. The van der Waals surface area contributed by atoms with Gasteiger partial charge in [-0.25, -0.2) is 4.79 Å². The van der Waals surface area contributed by atoms with E-state index in [0.29, 0.717) is 19.6 Å². The number of methoxy groups -OCH3 is 1. The molecule has 0 aliphatic carbocycles. The summed E-state index contributed by atoms with van der Waals surface area (Å²) in [5, 5.41) is 2.86. The van der Waals surface area contributed by atoms with Crippen LogP contribution in [-0.4, -0.2) is 54.8 Å². The van der Waals surface area contributed by atoms with Crippen molar-refractivity contribution in [3.63, 3.8) is 0 Å². The molecule has 1 saturated heterocycles. The quantitative estimate of drug-likeness (QED) is 0.851. The molecule has 1 rings (SSSR count). The first-order chi connectivity index (χ1) is 9.24. The number of carbonyl (C=O) groups excluding carboxylic acids is 2. The molecule has 1 N–H and O–H groups in total. The van der Waals surface area contributed by atoms with E-state index in [-0.39, 0.29) is 11.9 Å². The van der Waals surface area contributed by atoms with Crippen LogP contribution in [0.2, 0.25) is 0 Å². The maximum absolute atomic E-state index is 12.2. The second kappa shape index (κ2) is 6.92. The Balaban J connectivity index is 2.60. The lowest BCUT2D eigenvalue weighted by Crippen LogP contribution is -2.50. The smallest absolute Gasteiger partial charge is 0.410 e. The van der Waals surface area contributed by atoms with Gasteiger partial charge in [-0.1, -0.05) is 0 Å². The lowest BCUT2D eigenvalue weighted by Gasteiger charge is -2.28. The fourth-order valence-electron chi connectivity index (χ4n) is 2.21. The van der Waals surface area contributed by atoms with Crippen LogP contribution in [0.1, 0.15) is 40.5 Å². The minimum absolute atomic E-state index is 0.0754. The Bertz CT molecular complexity index is 352. The Morgan fingerprint density at radius 1 is 1.40 bits per heavy atom. The molecule has 0 aromatic carbocycles. The highest BCUT2D eigenvalue weighted by Crippen LogP contribution is 2.21. The van der Waals surface area contributed by atoms with Gasteiger partial charge in [-0.15, -0.1) is 0 Å². The third kappa shape index (κ3) is 5.00. The summed E-state index contributed by atoms with van der Waals surface area (Å²) in [6.45, 7) is 8.33. The first kappa shape index (κ1) is 16.8. The zero-order valence-corrected chi connectivity index (χ0v) is 13.1. The summed E-state index contributed by atoms with van der Waals surface area (Å²) >= 11 is 0. The Morgan fingerprint density at radius 2 is 2.05 bits per heavy atom. The average molecular weight is 286 g/mol. The minimum Gasteiger partial charge on any atom is -0.444 e. The second-order valence-electron chi connectivity index (χ2n) is 6.20. The van der Waals surface area contributed by atoms with E-state index in [2.05, 4.69) is 5.32 Å². The summed E-state index contributed by atoms with van der Waals surface area (Å²) in [5.41, 5.74) is -0.552. The van der Waals surface area contributed by atoms with E-state index in [1.54, 1.807) is 7.11 Å². The minimum atomic E-state index is -0.552. The average Bonchev–Trinajstić information content (AvgIpc) is 2.75. The summed E-state index contributed by atoms with van der Waals surface area (Å²) in [4.78, 5) is 25.8. The first-order valence-corrected chi connectivity index (χ1v) is 7.03. The molecule has 116 valence electrons. The van der Waals surface area contributed by atoms with E-state index in [0.717, 1.165) is 6.42 Å². The molecule has 20 heavy (non-hydrogen) atoms. The monoisotopic (exact) mass is 286 g/mol. The second-order valence-corrected chi connectivity index (χ2v) is 6.20. The molecule has 1 fully saturated rings. The van der Waals surface area contributed by atoms with Crippen molar-refractivity contribution < 1.29 is 19.1 Å². The van der Waals surface area contributed by atoms with Crippen LogP contribution in [0.25, 0.3) is 0 Å². The number of amides is 2. The molecular formula is C14H26N2O4. The Kier molecular flexibility index (Phi) is 5.80. The van der Waals surface area contributed by atoms with Crippen molar-refractivity contribution in [3.8, 4) is 0 Å². The number of nitrogens with one attached hydrogen (secondary N) is 1. The largest absolute Gasteiger partial charge is 0.444 e. The number of nitrogens with zero attached hydrogens (tertiary/aromatic N) is 1. The van der Waals surface area contributed by atoms with Crippen LogP contribution in [0.5, 0.6) is 0 Å². The number of rotatable bonds is 4. The maximum Gasteiger partial charge on any atom is 0.410 e. The summed E-state index contributed by atoms with van der Waals surface area (Å²) in [5.74, 6) is -0.141. The fraction of sp³-hybridized carbons (Fsp3) is 0.857. The van der Waals surface area contributed by atoms with Crippen molar-refractivity contribution in [2.45, 2.75) is 58.2 Å². The van der Waals surface area contributed by atoms with Gasteiger partial charge in [-0.2, -0.15) is 0 Å². The summed E-state index contributed by atoms with van der Waals surface area (Å²) < 4.78 is 10.3. The van der Waals surface area contributed by atoms with E-state index in [9.17, 15) is 9.59 Å². The standard InChI is InChI=1S/C14H26N2O4/c1-10(9-19-5)15-12(17)11-7-6-8-16(11)13(18)20-14(2,3)4/h10-11H,6-9H2,1-5H3,(H,15,17). The van der Waals surface area contributed by atoms with Crippen molar-refractivity contribution in [3.05, 3.63) is 0 Å². The molecule has 0 saturated carbocycles. The molecule has 6 heteroatoms. The van der Waals surface area contributed by atoms with Crippen LogP contribution in [0.4, 0.5) is 4.79 Å². The highest BCUT2D eigenvalue weighted by Gasteiger charge is 2.36. The van der Waals surface area contributed by atoms with Crippen molar-refractivity contribution in [2.24, 2.45) is 0 Å². The molecule has 1 aliphatic rings. The van der Waals surface area contributed by atoms with E-state index in [4.69, 9.17) is 9.47 Å². The number of hydrogen-bond donors (Lipinski definition) is 1. The fourth-order valence-corrected chi connectivity index (χ4v) is 2.21. The molecule has 0 radical (unpaired) electrons.